The van der Waals surface area contributed by atoms with Crippen LogP contribution in [0.3, 0.4) is 0 Å². The third-order valence-corrected chi connectivity index (χ3v) is 3.88. The van der Waals surface area contributed by atoms with Gasteiger partial charge in [-0.25, -0.2) is 0 Å². The molecule has 0 spiro atoms. The van der Waals surface area contributed by atoms with Crippen molar-refractivity contribution in [1.82, 2.24) is 14.1 Å². The highest BCUT2D eigenvalue weighted by Crippen LogP contribution is 2.30. The lowest BCUT2D eigenvalue weighted by atomic mass is 10.1. The molecule has 0 bridgehead atoms. The molecule has 0 amide bonds. The van der Waals surface area contributed by atoms with E-state index in [2.05, 4.69) is 19.4 Å². The molecule has 1 unspecified atom stereocenters. The van der Waals surface area contributed by atoms with Crippen LogP contribution in [-0.2, 0) is 0 Å². The van der Waals surface area contributed by atoms with Gasteiger partial charge in [-0.3, -0.25) is 0 Å². The molecule has 1 aliphatic heterocycles. The van der Waals surface area contributed by atoms with Crippen LogP contribution in [0, 0.1) is 0 Å². The van der Waals surface area contributed by atoms with Crippen molar-refractivity contribution in [3.05, 3.63) is 17.2 Å². The molecule has 3 rings (SSSR count). The summed E-state index contributed by atoms with van der Waals surface area (Å²) in [7, 11) is 0. The lowest BCUT2D eigenvalue weighted by Gasteiger charge is -2.25. The van der Waals surface area contributed by atoms with E-state index >= 15 is 0 Å². The second-order valence-corrected chi connectivity index (χ2v) is 5.18. The van der Waals surface area contributed by atoms with Gasteiger partial charge in [0, 0.05) is 12.6 Å². The molecule has 90 valence electrons. The Balaban J connectivity index is 1.92. The summed E-state index contributed by atoms with van der Waals surface area (Å²) in [5.41, 5.74) is 2.71. The number of aromatic nitrogens is 2. The SMILES string of the molecule is Clc1ccc2nsnc2c1NC1CCCNC1. The molecule has 1 fully saturated rings. The monoisotopic (exact) mass is 268 g/mol. The van der Waals surface area contributed by atoms with Crippen molar-refractivity contribution in [2.24, 2.45) is 0 Å². The van der Waals surface area contributed by atoms with Crippen LogP contribution in [0.15, 0.2) is 12.1 Å². The number of nitrogens with one attached hydrogen (secondary N) is 2. The van der Waals surface area contributed by atoms with Gasteiger partial charge in [-0.2, -0.15) is 8.75 Å². The van der Waals surface area contributed by atoms with E-state index < -0.39 is 0 Å². The van der Waals surface area contributed by atoms with Crippen LogP contribution >= 0.6 is 23.3 Å². The third kappa shape index (κ3) is 2.22. The third-order valence-electron chi connectivity index (χ3n) is 3.02. The first kappa shape index (κ1) is 11.2. The number of halogens is 1. The highest BCUT2D eigenvalue weighted by Gasteiger charge is 2.16. The van der Waals surface area contributed by atoms with Gasteiger partial charge in [-0.1, -0.05) is 11.6 Å². The van der Waals surface area contributed by atoms with E-state index in [1.54, 1.807) is 0 Å². The summed E-state index contributed by atoms with van der Waals surface area (Å²) in [4.78, 5) is 0. The van der Waals surface area contributed by atoms with Crippen LogP contribution < -0.4 is 10.6 Å². The molecule has 17 heavy (non-hydrogen) atoms. The Hall–Kier alpha value is -0.910. The van der Waals surface area contributed by atoms with Gasteiger partial charge in [0.25, 0.3) is 0 Å². The van der Waals surface area contributed by atoms with Crippen molar-refractivity contribution >= 4 is 40.0 Å². The summed E-state index contributed by atoms with van der Waals surface area (Å²) in [5, 5.41) is 7.58. The maximum absolute atomic E-state index is 6.23. The second kappa shape index (κ2) is 4.76. The van der Waals surface area contributed by atoms with E-state index in [0.717, 1.165) is 41.3 Å². The standard InChI is InChI=1S/C11H13ClN4S/c12-8-3-4-9-11(16-17-15-9)10(8)14-7-2-1-5-13-6-7/h3-4,7,13-14H,1-2,5-6H2. The number of anilines is 1. The van der Waals surface area contributed by atoms with Crippen LogP contribution in [-0.4, -0.2) is 27.9 Å². The number of piperidine rings is 1. The molecule has 0 radical (unpaired) electrons. The number of benzene rings is 1. The van der Waals surface area contributed by atoms with E-state index in [9.17, 15) is 0 Å². The molecule has 1 atom stereocenters. The zero-order chi connectivity index (χ0) is 11.7. The Morgan fingerprint density at radius 1 is 1.41 bits per heavy atom. The van der Waals surface area contributed by atoms with E-state index in [-0.39, 0.29) is 0 Å². The number of hydrogen-bond acceptors (Lipinski definition) is 5. The molecule has 2 N–H and O–H groups in total. The Labute approximate surface area is 109 Å². The average molecular weight is 269 g/mol. The zero-order valence-electron chi connectivity index (χ0n) is 9.24. The first-order valence-electron chi connectivity index (χ1n) is 5.72. The van der Waals surface area contributed by atoms with E-state index in [4.69, 9.17) is 11.6 Å². The molecule has 2 aromatic rings. The molecule has 2 heterocycles. The van der Waals surface area contributed by atoms with Crippen molar-refractivity contribution in [1.29, 1.82) is 0 Å². The Morgan fingerprint density at radius 2 is 2.35 bits per heavy atom. The fraction of sp³-hybridized carbons (Fsp3) is 0.455. The highest BCUT2D eigenvalue weighted by molar-refractivity contribution is 7.00. The lowest BCUT2D eigenvalue weighted by Crippen LogP contribution is -2.38. The maximum Gasteiger partial charge on any atom is 0.129 e. The molecule has 1 aromatic carbocycles. The topological polar surface area (TPSA) is 49.8 Å². The average Bonchev–Trinajstić information content (AvgIpc) is 2.83. The van der Waals surface area contributed by atoms with E-state index in [0.29, 0.717) is 6.04 Å². The van der Waals surface area contributed by atoms with Gasteiger partial charge in [0.15, 0.2) is 0 Å². The Morgan fingerprint density at radius 3 is 3.18 bits per heavy atom. The number of hydrogen-bond donors (Lipinski definition) is 2. The molecule has 0 aliphatic carbocycles. The molecule has 1 aromatic heterocycles. The van der Waals surface area contributed by atoms with Gasteiger partial charge in [0.05, 0.1) is 22.4 Å². The summed E-state index contributed by atoms with van der Waals surface area (Å²) in [6.07, 6.45) is 2.36. The minimum Gasteiger partial charge on any atom is -0.378 e. The summed E-state index contributed by atoms with van der Waals surface area (Å²) >= 11 is 7.46. The molecule has 4 nitrogen and oxygen atoms in total. The fourth-order valence-corrected chi connectivity index (χ4v) is 2.89. The van der Waals surface area contributed by atoms with Gasteiger partial charge in [-0.05, 0) is 31.5 Å². The summed E-state index contributed by atoms with van der Waals surface area (Å²) < 4.78 is 8.54. The molecule has 1 aliphatic rings. The van der Waals surface area contributed by atoms with Gasteiger partial charge in [-0.15, -0.1) is 0 Å². The van der Waals surface area contributed by atoms with Crippen molar-refractivity contribution in [2.75, 3.05) is 18.4 Å². The van der Waals surface area contributed by atoms with Crippen molar-refractivity contribution in [3.63, 3.8) is 0 Å². The lowest BCUT2D eigenvalue weighted by molar-refractivity contribution is 0.480. The van der Waals surface area contributed by atoms with Gasteiger partial charge in [0.1, 0.15) is 11.0 Å². The van der Waals surface area contributed by atoms with Crippen LogP contribution in [0.4, 0.5) is 5.69 Å². The Kier molecular flexibility index (Phi) is 3.13. The van der Waals surface area contributed by atoms with Crippen LogP contribution in [0.2, 0.25) is 5.02 Å². The van der Waals surface area contributed by atoms with Gasteiger partial charge < -0.3 is 10.6 Å². The van der Waals surface area contributed by atoms with Crippen molar-refractivity contribution < 1.29 is 0 Å². The van der Waals surface area contributed by atoms with E-state index in [1.807, 2.05) is 12.1 Å². The smallest absolute Gasteiger partial charge is 0.129 e. The van der Waals surface area contributed by atoms with Crippen molar-refractivity contribution in [3.8, 4) is 0 Å². The molecule has 6 heteroatoms. The molecule has 0 saturated carbocycles. The number of fused-ring (bicyclic) bond motifs is 1. The number of nitrogens with zero attached hydrogens (tertiary/aromatic N) is 2. The van der Waals surface area contributed by atoms with Gasteiger partial charge in [0.2, 0.25) is 0 Å². The van der Waals surface area contributed by atoms with Gasteiger partial charge >= 0.3 is 0 Å². The largest absolute Gasteiger partial charge is 0.378 e. The van der Waals surface area contributed by atoms with Crippen molar-refractivity contribution in [2.45, 2.75) is 18.9 Å². The van der Waals surface area contributed by atoms with E-state index in [1.165, 1.54) is 18.1 Å². The first-order valence-corrected chi connectivity index (χ1v) is 6.83. The summed E-state index contributed by atoms with van der Waals surface area (Å²) in [6.45, 7) is 2.08. The molecular weight excluding hydrogens is 256 g/mol. The Bertz CT molecular complexity index is 521. The molecular formula is C11H13ClN4S. The quantitative estimate of drug-likeness (QED) is 0.879. The summed E-state index contributed by atoms with van der Waals surface area (Å²) in [5.74, 6) is 0. The second-order valence-electron chi connectivity index (χ2n) is 4.24. The minimum absolute atomic E-state index is 0.425. The predicted molar refractivity (Wildman–Crippen MR) is 71.9 cm³/mol. The summed E-state index contributed by atoms with van der Waals surface area (Å²) in [6, 6.07) is 4.21. The van der Waals surface area contributed by atoms with Crippen LogP contribution in [0.1, 0.15) is 12.8 Å². The fourth-order valence-electron chi connectivity index (χ4n) is 2.14. The highest BCUT2D eigenvalue weighted by atomic mass is 35.5. The predicted octanol–water partition coefficient (Wildman–Crippen LogP) is 2.51. The number of rotatable bonds is 2. The normalized spacial score (nSPS) is 20.6. The molecule has 1 saturated heterocycles. The first-order chi connectivity index (χ1) is 8.34. The minimum atomic E-state index is 0.425. The van der Waals surface area contributed by atoms with Crippen LogP contribution in [0.5, 0.6) is 0 Å². The maximum atomic E-state index is 6.23. The zero-order valence-corrected chi connectivity index (χ0v) is 10.8. The van der Waals surface area contributed by atoms with Crippen LogP contribution in [0.25, 0.3) is 11.0 Å².